The summed E-state index contributed by atoms with van der Waals surface area (Å²) in [4.78, 5) is 23.3. The van der Waals surface area contributed by atoms with E-state index in [9.17, 15) is 45.7 Å². The molecule has 10 rings (SSSR count). The number of benzene rings is 10. The molecule has 2 unspecified atom stereocenters. The van der Waals surface area contributed by atoms with Crippen LogP contribution in [0.5, 0.6) is 11.5 Å². The standard InChI is InChI=1S/C35H36O14S2.2C19H18P/c1-35(2,25-9-13-29(14-10-25)46-19-27(36)21-48-33(38)23-5-3-7-31(17-23)50(40,41)42)26-11-15-30(16-12-26)47-20-28(37)22-49-34(39)24-6-4-8-32(18-24)51(43,44)45;2*1-20(17-11-5-2-6-12-17,18-13-7-3-8-14-18)19-15-9-4-10-16-19/h3-18,27-28,36-37H,19-22H2,1-2H3,(H,40,41,42)(H,43,44,45);2*2-16H,1H3/q;2*+1/p-2. The molecule has 91 heavy (non-hydrogen) atoms. The molecule has 468 valence electrons. The van der Waals surface area contributed by atoms with Crippen LogP contribution in [0, 0.1) is 0 Å². The van der Waals surface area contributed by atoms with Gasteiger partial charge in [0.25, 0.3) is 0 Å². The third-order valence-electron chi connectivity index (χ3n) is 15.2. The van der Waals surface area contributed by atoms with E-state index in [1.54, 1.807) is 24.3 Å². The second-order valence-electron chi connectivity index (χ2n) is 21.8. The zero-order chi connectivity index (χ0) is 65.1. The summed E-state index contributed by atoms with van der Waals surface area (Å²) in [5.74, 6) is -0.923. The number of aliphatic hydroxyl groups excluding tert-OH is 2. The highest BCUT2D eigenvalue weighted by Gasteiger charge is 2.41. The Morgan fingerprint density at radius 2 is 0.637 bits per heavy atom. The molecule has 18 heteroatoms. The molecule has 0 bridgehead atoms. The van der Waals surface area contributed by atoms with Gasteiger partial charge in [-0.1, -0.05) is 159 Å². The molecule has 0 saturated heterocycles. The summed E-state index contributed by atoms with van der Waals surface area (Å²) in [5.41, 5.74) is 1.12. The van der Waals surface area contributed by atoms with Crippen molar-refractivity contribution in [2.75, 3.05) is 39.8 Å². The van der Waals surface area contributed by atoms with Crippen molar-refractivity contribution in [1.29, 1.82) is 0 Å². The number of esters is 2. The van der Waals surface area contributed by atoms with E-state index in [0.717, 1.165) is 35.4 Å². The molecule has 0 amide bonds. The van der Waals surface area contributed by atoms with Gasteiger partial charge in [-0.05, 0) is 145 Å². The highest BCUT2D eigenvalue weighted by molar-refractivity contribution is 7.95. The number of rotatable bonds is 22. The maximum absolute atomic E-state index is 12.2. The molecule has 10 aromatic carbocycles. The van der Waals surface area contributed by atoms with Crippen molar-refractivity contribution < 1.29 is 64.7 Å². The van der Waals surface area contributed by atoms with Gasteiger partial charge in [0.1, 0.15) is 117 Å². The van der Waals surface area contributed by atoms with Crippen LogP contribution in [0.1, 0.15) is 45.7 Å². The number of ether oxygens (including phenoxy) is 4. The molecule has 14 nitrogen and oxygen atoms in total. The van der Waals surface area contributed by atoms with Crippen molar-refractivity contribution in [3.8, 4) is 11.5 Å². The minimum Gasteiger partial charge on any atom is -0.744 e. The van der Waals surface area contributed by atoms with E-state index >= 15 is 0 Å². The minimum absolute atomic E-state index is 0.152. The molecule has 0 radical (unpaired) electrons. The first kappa shape index (κ1) is 68.3. The lowest BCUT2D eigenvalue weighted by atomic mass is 9.78. The average Bonchev–Trinajstić information content (AvgIpc) is 0.949. The van der Waals surface area contributed by atoms with Gasteiger partial charge in [0.05, 0.1) is 34.2 Å². The van der Waals surface area contributed by atoms with E-state index in [1.807, 2.05) is 38.1 Å². The predicted octanol–water partition coefficient (Wildman–Crippen LogP) is 10.2. The molecule has 0 saturated carbocycles. The fourth-order valence-corrected chi connectivity index (χ4v) is 17.3. The van der Waals surface area contributed by atoms with Crippen molar-refractivity contribution in [3.63, 3.8) is 0 Å². The van der Waals surface area contributed by atoms with Crippen LogP contribution in [0.3, 0.4) is 0 Å². The maximum Gasteiger partial charge on any atom is 0.338 e. The first-order chi connectivity index (χ1) is 43.6. The van der Waals surface area contributed by atoms with Gasteiger partial charge in [-0.2, -0.15) is 0 Å². The highest BCUT2D eigenvalue weighted by Crippen LogP contribution is 2.52. The SMILES string of the molecule is CC(C)(c1ccc(OCC(O)COC(=O)c2cccc(S(=O)(=O)[O-])c2)cc1)c1ccc(OCC(O)COC(=O)c2cccc(S(=O)(=O)[O-])c2)cc1.C[P+](c1ccccc1)(c1ccccc1)c1ccccc1.C[P+](c1ccccc1)(c1ccccc1)c1ccccc1. The lowest BCUT2D eigenvalue weighted by molar-refractivity contribution is 0.0127. The first-order valence-electron chi connectivity index (χ1n) is 28.9. The number of carbonyl (C=O) groups excluding carboxylic acids is 2. The summed E-state index contributed by atoms with van der Waals surface area (Å²) in [7, 11) is -12.5. The molecule has 0 spiro atoms. The molecular weight excluding hydrogens is 1230 g/mol. The maximum atomic E-state index is 12.2. The molecule has 0 heterocycles. The zero-order valence-electron chi connectivity index (χ0n) is 50.5. The average molecular weight is 1300 g/mol. The quantitative estimate of drug-likeness (QED) is 0.0366. The van der Waals surface area contributed by atoms with Crippen LogP contribution in [0.4, 0.5) is 0 Å². The molecule has 0 aliphatic heterocycles. The van der Waals surface area contributed by atoms with E-state index in [-0.39, 0.29) is 24.3 Å². The number of aliphatic hydroxyl groups is 2. The molecule has 0 aliphatic carbocycles. The van der Waals surface area contributed by atoms with Crippen molar-refractivity contribution in [2.45, 2.75) is 41.3 Å². The molecule has 2 atom stereocenters. The van der Waals surface area contributed by atoms with Gasteiger partial charge in [-0.15, -0.1) is 0 Å². The van der Waals surface area contributed by atoms with Gasteiger partial charge >= 0.3 is 11.9 Å². The van der Waals surface area contributed by atoms with Gasteiger partial charge < -0.3 is 38.3 Å². The fraction of sp³-hybridized carbons (Fsp3) is 0.151. The van der Waals surface area contributed by atoms with Gasteiger partial charge in [-0.25, -0.2) is 26.4 Å². The Morgan fingerprint density at radius 1 is 0.385 bits per heavy atom. The van der Waals surface area contributed by atoms with Gasteiger partial charge in [-0.3, -0.25) is 0 Å². The monoisotopic (exact) mass is 1300 g/mol. The Kier molecular flexibility index (Phi) is 23.5. The molecule has 0 aliphatic rings. The van der Waals surface area contributed by atoms with Crippen molar-refractivity contribution >= 4 is 78.5 Å². The summed E-state index contributed by atoms with van der Waals surface area (Å²) >= 11 is 0. The molecule has 2 N–H and O–H groups in total. The topological polar surface area (TPSA) is 226 Å². The normalized spacial score (nSPS) is 12.3. The second kappa shape index (κ2) is 31.4. The van der Waals surface area contributed by atoms with E-state index in [4.69, 9.17) is 18.9 Å². The number of hydrogen-bond acceptors (Lipinski definition) is 14. The Labute approximate surface area is 533 Å². The lowest BCUT2D eigenvalue weighted by Gasteiger charge is -2.26. The van der Waals surface area contributed by atoms with E-state index < -0.39 is 87.3 Å². The fourth-order valence-electron chi connectivity index (χ4n) is 9.90. The second-order valence-corrected chi connectivity index (χ2v) is 31.7. The Morgan fingerprint density at radius 3 is 0.879 bits per heavy atom. The van der Waals surface area contributed by atoms with Crippen LogP contribution >= 0.6 is 14.5 Å². The first-order valence-corrected chi connectivity index (χ1v) is 36.2. The molecule has 0 aromatic heterocycles. The largest absolute Gasteiger partial charge is 0.744 e. The molecular formula is C73H70O14P2S2. The third kappa shape index (κ3) is 18.3. The van der Waals surface area contributed by atoms with Crippen LogP contribution in [-0.4, -0.2) is 100 Å². The highest BCUT2D eigenvalue weighted by atomic mass is 32.2. The summed E-state index contributed by atoms with van der Waals surface area (Å²) < 4.78 is 88.3. The molecule has 0 fully saturated rings. The number of carbonyl (C=O) groups is 2. The van der Waals surface area contributed by atoms with Crippen molar-refractivity contribution in [2.24, 2.45) is 0 Å². The Hall–Kier alpha value is -8.66. The van der Waals surface area contributed by atoms with E-state index in [0.29, 0.717) is 11.5 Å². The molecule has 10 aromatic rings. The van der Waals surface area contributed by atoms with E-state index in [2.05, 4.69) is 195 Å². The van der Waals surface area contributed by atoms with E-state index in [1.165, 1.54) is 56.1 Å². The Balaban J connectivity index is 0.000000214. The van der Waals surface area contributed by atoms with Gasteiger partial charge in [0.2, 0.25) is 0 Å². The summed E-state index contributed by atoms with van der Waals surface area (Å²) in [6.07, 6.45) is -2.38. The van der Waals surface area contributed by atoms with Crippen molar-refractivity contribution in [3.05, 3.63) is 301 Å². The van der Waals surface area contributed by atoms with Crippen LogP contribution in [0.2, 0.25) is 0 Å². The van der Waals surface area contributed by atoms with Crippen LogP contribution in [-0.2, 0) is 35.1 Å². The predicted molar refractivity (Wildman–Crippen MR) is 360 cm³/mol. The van der Waals surface area contributed by atoms with Crippen LogP contribution < -0.4 is 41.3 Å². The van der Waals surface area contributed by atoms with Crippen molar-refractivity contribution in [1.82, 2.24) is 0 Å². The van der Waals surface area contributed by atoms with Gasteiger partial charge in [0, 0.05) is 5.41 Å². The summed E-state index contributed by atoms with van der Waals surface area (Å²) in [6.45, 7) is 7.58. The summed E-state index contributed by atoms with van der Waals surface area (Å²) in [6, 6.07) is 88.5. The zero-order valence-corrected chi connectivity index (χ0v) is 54.0. The smallest absolute Gasteiger partial charge is 0.338 e. The number of hydrogen-bond donors (Lipinski definition) is 2. The lowest BCUT2D eigenvalue weighted by Crippen LogP contribution is -2.30. The van der Waals surface area contributed by atoms with Crippen LogP contribution in [0.25, 0.3) is 0 Å². The van der Waals surface area contributed by atoms with Gasteiger partial charge in [0.15, 0.2) is 0 Å². The minimum atomic E-state index is -4.75. The third-order valence-corrected chi connectivity index (χ3v) is 24.9. The van der Waals surface area contributed by atoms with Crippen LogP contribution in [0.15, 0.2) is 289 Å². The summed E-state index contributed by atoms with van der Waals surface area (Å²) in [5, 5.41) is 29.0. The Bertz CT molecular complexity index is 3710.